The van der Waals surface area contributed by atoms with E-state index in [0.29, 0.717) is 17.8 Å². The predicted molar refractivity (Wildman–Crippen MR) is 85.5 cm³/mol. The zero-order valence-electron chi connectivity index (χ0n) is 12.7. The normalized spacial score (nSPS) is 10.0. The molecule has 1 heterocycles. The number of aromatic amines is 1. The van der Waals surface area contributed by atoms with E-state index in [1.807, 2.05) is 31.2 Å². The van der Waals surface area contributed by atoms with Crippen LogP contribution in [0.2, 0.25) is 0 Å². The molecule has 4 nitrogen and oxygen atoms in total. The third kappa shape index (κ3) is 3.64. The number of ketones is 1. The second kappa shape index (κ2) is 6.77. The van der Waals surface area contributed by atoms with Gasteiger partial charge in [0.2, 0.25) is 0 Å². The quantitative estimate of drug-likeness (QED) is 0.681. The van der Waals surface area contributed by atoms with E-state index in [1.54, 1.807) is 11.0 Å². The summed E-state index contributed by atoms with van der Waals surface area (Å²) in [7, 11) is 0. The maximum absolute atomic E-state index is 12.5. The van der Waals surface area contributed by atoms with Crippen LogP contribution in [0.25, 0.3) is 0 Å². The molecule has 0 spiro atoms. The van der Waals surface area contributed by atoms with Crippen LogP contribution >= 0.6 is 0 Å². The van der Waals surface area contributed by atoms with Crippen LogP contribution < -0.4 is 0 Å². The first-order valence-corrected chi connectivity index (χ1v) is 6.99. The highest BCUT2D eigenvalue weighted by Crippen LogP contribution is 2.12. The molecule has 0 radical (unpaired) electrons. The number of terminal acetylenes is 1. The van der Waals surface area contributed by atoms with Gasteiger partial charge in [0.1, 0.15) is 5.69 Å². The van der Waals surface area contributed by atoms with Crippen molar-refractivity contribution in [2.75, 3.05) is 6.54 Å². The van der Waals surface area contributed by atoms with E-state index >= 15 is 0 Å². The first-order valence-electron chi connectivity index (χ1n) is 6.99. The summed E-state index contributed by atoms with van der Waals surface area (Å²) in [5.74, 6) is 2.20. The highest BCUT2D eigenvalue weighted by molar-refractivity contribution is 5.99. The molecule has 22 heavy (non-hydrogen) atoms. The van der Waals surface area contributed by atoms with Crippen molar-refractivity contribution in [1.82, 2.24) is 9.88 Å². The van der Waals surface area contributed by atoms with Crippen molar-refractivity contribution in [3.05, 3.63) is 58.9 Å². The molecule has 1 N–H and O–H groups in total. The SMILES string of the molecule is C#CCN(Cc1ccc(C)cc1)C(=O)c1cc(C(C)=O)c[nH]1. The Morgan fingerprint density at radius 2 is 1.95 bits per heavy atom. The molecule has 0 aliphatic heterocycles. The number of amides is 1. The molecule has 0 bridgehead atoms. The molecular formula is C18H18N2O2. The Morgan fingerprint density at radius 1 is 1.27 bits per heavy atom. The lowest BCUT2D eigenvalue weighted by Gasteiger charge is -2.19. The number of nitrogens with one attached hydrogen (secondary N) is 1. The molecule has 1 amide bonds. The van der Waals surface area contributed by atoms with Crippen LogP contribution in [-0.2, 0) is 6.54 Å². The van der Waals surface area contributed by atoms with Gasteiger partial charge in [0.05, 0.1) is 6.54 Å². The third-order valence-electron chi connectivity index (χ3n) is 3.38. The largest absolute Gasteiger partial charge is 0.356 e. The number of Topliss-reactive ketones (excluding diaryl/α,β-unsaturated/α-hetero) is 1. The van der Waals surface area contributed by atoms with E-state index in [1.165, 1.54) is 13.1 Å². The fourth-order valence-corrected chi connectivity index (χ4v) is 2.11. The Morgan fingerprint density at radius 3 is 2.50 bits per heavy atom. The number of carbonyl (C=O) groups is 2. The van der Waals surface area contributed by atoms with Gasteiger partial charge in [-0.15, -0.1) is 6.42 Å². The second-order valence-electron chi connectivity index (χ2n) is 5.21. The van der Waals surface area contributed by atoms with Gasteiger partial charge in [0.25, 0.3) is 5.91 Å². The molecule has 1 aromatic heterocycles. The Bertz CT molecular complexity index is 720. The van der Waals surface area contributed by atoms with E-state index in [-0.39, 0.29) is 18.2 Å². The minimum atomic E-state index is -0.217. The Kier molecular flexibility index (Phi) is 4.80. The maximum Gasteiger partial charge on any atom is 0.271 e. The number of benzene rings is 1. The number of nitrogens with zero attached hydrogens (tertiary/aromatic N) is 1. The van der Waals surface area contributed by atoms with Crippen LogP contribution in [0.15, 0.2) is 36.5 Å². The highest BCUT2D eigenvalue weighted by atomic mass is 16.2. The molecule has 0 aliphatic carbocycles. The zero-order chi connectivity index (χ0) is 16.1. The van der Waals surface area contributed by atoms with Gasteiger partial charge in [0.15, 0.2) is 5.78 Å². The molecule has 0 atom stereocenters. The molecule has 112 valence electrons. The summed E-state index contributed by atoms with van der Waals surface area (Å²) < 4.78 is 0. The van der Waals surface area contributed by atoms with E-state index in [4.69, 9.17) is 6.42 Å². The fourth-order valence-electron chi connectivity index (χ4n) is 2.11. The Balaban J connectivity index is 2.19. The molecule has 0 saturated carbocycles. The van der Waals surface area contributed by atoms with E-state index in [0.717, 1.165) is 11.1 Å². The molecule has 0 aliphatic rings. The maximum atomic E-state index is 12.5. The second-order valence-corrected chi connectivity index (χ2v) is 5.21. The number of rotatable bonds is 5. The molecule has 0 fully saturated rings. The average Bonchev–Trinajstić information content (AvgIpc) is 2.98. The van der Waals surface area contributed by atoms with Gasteiger partial charge in [-0.3, -0.25) is 9.59 Å². The van der Waals surface area contributed by atoms with Crippen LogP contribution in [0, 0.1) is 19.3 Å². The summed E-state index contributed by atoms with van der Waals surface area (Å²) in [6.45, 7) is 4.11. The lowest BCUT2D eigenvalue weighted by molar-refractivity contribution is 0.0760. The van der Waals surface area contributed by atoms with E-state index in [9.17, 15) is 9.59 Å². The smallest absolute Gasteiger partial charge is 0.271 e. The Labute approximate surface area is 130 Å². The minimum absolute atomic E-state index is 0.0858. The predicted octanol–water partition coefficient (Wildman–Crippen LogP) is 2.80. The zero-order valence-corrected chi connectivity index (χ0v) is 12.7. The van der Waals surface area contributed by atoms with Crippen LogP contribution in [0.4, 0.5) is 0 Å². The van der Waals surface area contributed by atoms with Crippen molar-refractivity contribution in [2.45, 2.75) is 20.4 Å². The molecule has 2 aromatic rings. The van der Waals surface area contributed by atoms with Gasteiger partial charge in [-0.05, 0) is 25.5 Å². The number of hydrogen-bond donors (Lipinski definition) is 1. The molecule has 1 aromatic carbocycles. The molecule has 0 saturated heterocycles. The lowest BCUT2D eigenvalue weighted by Crippen LogP contribution is -2.31. The van der Waals surface area contributed by atoms with E-state index < -0.39 is 0 Å². The van der Waals surface area contributed by atoms with Crippen LogP contribution in [-0.4, -0.2) is 28.1 Å². The van der Waals surface area contributed by atoms with E-state index in [2.05, 4.69) is 10.9 Å². The van der Waals surface area contributed by atoms with Gasteiger partial charge < -0.3 is 9.88 Å². The lowest BCUT2D eigenvalue weighted by atomic mass is 10.1. The third-order valence-corrected chi connectivity index (χ3v) is 3.38. The standard InChI is InChI=1S/C18H18N2O2/c1-4-9-20(12-15-7-5-13(2)6-8-15)18(22)17-10-16(11-19-17)14(3)21/h1,5-8,10-11,19H,9,12H2,2-3H3. The van der Waals surface area contributed by atoms with Crippen LogP contribution in [0.1, 0.15) is 38.9 Å². The summed E-state index contributed by atoms with van der Waals surface area (Å²) in [6.07, 6.45) is 6.91. The summed E-state index contributed by atoms with van der Waals surface area (Å²) in [5, 5.41) is 0. The summed E-state index contributed by atoms with van der Waals surface area (Å²) in [5.41, 5.74) is 3.02. The topological polar surface area (TPSA) is 53.2 Å². The van der Waals surface area contributed by atoms with Crippen LogP contribution in [0.5, 0.6) is 0 Å². The molecule has 2 rings (SSSR count). The van der Waals surface area contributed by atoms with Gasteiger partial charge in [-0.25, -0.2) is 0 Å². The van der Waals surface area contributed by atoms with Crippen molar-refractivity contribution in [2.24, 2.45) is 0 Å². The summed E-state index contributed by atoms with van der Waals surface area (Å²) in [4.78, 5) is 28.3. The molecular weight excluding hydrogens is 276 g/mol. The highest BCUT2D eigenvalue weighted by Gasteiger charge is 2.18. The first-order chi connectivity index (χ1) is 10.5. The molecule has 4 heteroatoms. The van der Waals surface area contributed by atoms with Gasteiger partial charge in [-0.2, -0.15) is 0 Å². The van der Waals surface area contributed by atoms with Gasteiger partial charge in [0, 0.05) is 18.3 Å². The minimum Gasteiger partial charge on any atom is -0.356 e. The van der Waals surface area contributed by atoms with Crippen molar-refractivity contribution in [3.63, 3.8) is 0 Å². The summed E-state index contributed by atoms with van der Waals surface area (Å²) >= 11 is 0. The van der Waals surface area contributed by atoms with Gasteiger partial charge in [-0.1, -0.05) is 35.7 Å². The number of carbonyl (C=O) groups excluding carboxylic acids is 2. The van der Waals surface area contributed by atoms with Crippen molar-refractivity contribution >= 4 is 11.7 Å². The summed E-state index contributed by atoms with van der Waals surface area (Å²) in [6, 6.07) is 9.50. The average molecular weight is 294 g/mol. The number of H-pyrrole nitrogens is 1. The number of aromatic nitrogens is 1. The molecule has 0 unspecified atom stereocenters. The Hall–Kier alpha value is -2.80. The fraction of sp³-hybridized carbons (Fsp3) is 0.222. The van der Waals surface area contributed by atoms with Gasteiger partial charge >= 0.3 is 0 Å². The van der Waals surface area contributed by atoms with Crippen LogP contribution in [0.3, 0.4) is 0 Å². The first kappa shape index (κ1) is 15.6. The van der Waals surface area contributed by atoms with Crippen molar-refractivity contribution in [1.29, 1.82) is 0 Å². The van der Waals surface area contributed by atoms with Crippen molar-refractivity contribution < 1.29 is 9.59 Å². The number of hydrogen-bond acceptors (Lipinski definition) is 2. The van der Waals surface area contributed by atoms with Crippen molar-refractivity contribution in [3.8, 4) is 12.3 Å². The monoisotopic (exact) mass is 294 g/mol. The number of aryl methyl sites for hydroxylation is 1.